The lowest BCUT2D eigenvalue weighted by Crippen LogP contribution is -2.55. The number of carbonyl (C=O) groups is 2. The Morgan fingerprint density at radius 1 is 1.00 bits per heavy atom. The Bertz CT molecular complexity index is 1530. The summed E-state index contributed by atoms with van der Waals surface area (Å²) in [5.41, 5.74) is 3.86. The third-order valence-corrected chi connectivity index (χ3v) is 8.16. The van der Waals surface area contributed by atoms with Crippen molar-refractivity contribution in [3.8, 4) is 5.75 Å². The third-order valence-electron chi connectivity index (χ3n) is 8.16. The number of likely N-dealkylation sites (tertiary alicyclic amines) is 1. The number of hydrogen-bond acceptors (Lipinski definition) is 4. The normalized spacial score (nSPS) is 15.3. The number of H-pyrrole nitrogens is 1. The second-order valence-electron chi connectivity index (χ2n) is 11.6. The van der Waals surface area contributed by atoms with Crippen molar-refractivity contribution in [1.29, 1.82) is 0 Å². The number of likely N-dealkylation sites (N-methyl/N-ethyl adjacent to an activating group) is 1. The van der Waals surface area contributed by atoms with E-state index in [1.165, 1.54) is 12.1 Å². The lowest BCUT2D eigenvalue weighted by Gasteiger charge is -2.35. The van der Waals surface area contributed by atoms with Crippen LogP contribution in [0.3, 0.4) is 0 Å². The molecule has 1 aromatic heterocycles. The summed E-state index contributed by atoms with van der Waals surface area (Å²) in [7, 11) is 5.79. The van der Waals surface area contributed by atoms with Gasteiger partial charge in [0.2, 0.25) is 5.91 Å². The number of benzene rings is 3. The molecule has 1 saturated heterocycles. The van der Waals surface area contributed by atoms with Gasteiger partial charge in [-0.05, 0) is 67.7 Å². The molecule has 9 heteroatoms. The quantitative estimate of drug-likeness (QED) is 0.262. The van der Waals surface area contributed by atoms with Crippen LogP contribution in [-0.4, -0.2) is 73.1 Å². The van der Waals surface area contributed by atoms with E-state index >= 15 is 0 Å². The van der Waals surface area contributed by atoms with Crippen molar-refractivity contribution in [2.24, 2.45) is 0 Å². The second kappa shape index (κ2) is 13.3. The summed E-state index contributed by atoms with van der Waals surface area (Å²) in [6.45, 7) is 3.77. The van der Waals surface area contributed by atoms with Gasteiger partial charge in [-0.25, -0.2) is 9.18 Å². The fourth-order valence-electron chi connectivity index (χ4n) is 5.68. The van der Waals surface area contributed by atoms with E-state index < -0.39 is 6.04 Å². The first-order valence-corrected chi connectivity index (χ1v) is 14.7. The van der Waals surface area contributed by atoms with Gasteiger partial charge < -0.3 is 29.7 Å². The lowest BCUT2D eigenvalue weighted by atomic mass is 9.91. The van der Waals surface area contributed by atoms with Crippen molar-refractivity contribution >= 4 is 28.5 Å². The molecule has 0 radical (unpaired) electrons. The summed E-state index contributed by atoms with van der Waals surface area (Å²) in [6.07, 6.45) is 3.14. The van der Waals surface area contributed by atoms with Crippen LogP contribution in [0.5, 0.6) is 5.75 Å². The van der Waals surface area contributed by atoms with E-state index in [9.17, 15) is 14.0 Å². The standard InChI is InChI=1S/C34H40FN5O3/c1-23(30-21-36-31-8-6-5-7-29(30)31)32(33(41)39(4)26-13-9-24(10-14-26)22-38(2)3)37-34(42)40-19-17-28(18-20-40)43-27-15-11-25(35)12-16-27/h5-16,21,23,28,32,36H,17-20,22H2,1-4H3,(H,37,42). The van der Waals surface area contributed by atoms with E-state index in [0.29, 0.717) is 31.7 Å². The number of rotatable bonds is 9. The second-order valence-corrected chi connectivity index (χ2v) is 11.6. The van der Waals surface area contributed by atoms with Gasteiger partial charge in [0.15, 0.2) is 0 Å². The molecule has 43 heavy (non-hydrogen) atoms. The number of nitrogens with zero attached hydrogens (tertiary/aromatic N) is 3. The van der Waals surface area contributed by atoms with Crippen LogP contribution in [0, 0.1) is 5.82 Å². The molecule has 0 spiro atoms. The monoisotopic (exact) mass is 585 g/mol. The van der Waals surface area contributed by atoms with Crippen molar-refractivity contribution in [1.82, 2.24) is 20.1 Å². The zero-order valence-corrected chi connectivity index (χ0v) is 25.2. The van der Waals surface area contributed by atoms with E-state index in [-0.39, 0.29) is 29.8 Å². The van der Waals surface area contributed by atoms with Crippen molar-refractivity contribution < 1.29 is 18.7 Å². The van der Waals surface area contributed by atoms with Crippen LogP contribution in [-0.2, 0) is 11.3 Å². The maximum Gasteiger partial charge on any atom is 0.318 e. The van der Waals surface area contributed by atoms with Crippen LogP contribution >= 0.6 is 0 Å². The minimum Gasteiger partial charge on any atom is -0.490 e. The van der Waals surface area contributed by atoms with Crippen LogP contribution in [0.1, 0.15) is 36.8 Å². The van der Waals surface area contributed by atoms with Gasteiger partial charge in [0, 0.05) is 68.2 Å². The van der Waals surface area contributed by atoms with Crippen molar-refractivity contribution in [3.05, 3.63) is 95.9 Å². The summed E-state index contributed by atoms with van der Waals surface area (Å²) >= 11 is 0. The number of urea groups is 1. The molecular formula is C34H40FN5O3. The van der Waals surface area contributed by atoms with Gasteiger partial charge >= 0.3 is 6.03 Å². The van der Waals surface area contributed by atoms with Crippen LogP contribution in [0.15, 0.2) is 79.0 Å². The minimum absolute atomic E-state index is 0.0707. The van der Waals surface area contributed by atoms with Gasteiger partial charge in [-0.3, -0.25) is 4.79 Å². The molecule has 2 heterocycles. The molecule has 5 rings (SSSR count). The zero-order valence-electron chi connectivity index (χ0n) is 25.2. The van der Waals surface area contributed by atoms with Gasteiger partial charge in [0.25, 0.3) is 0 Å². The van der Waals surface area contributed by atoms with E-state index in [2.05, 4.69) is 15.2 Å². The summed E-state index contributed by atoms with van der Waals surface area (Å²) in [4.78, 5) is 36.5. The highest BCUT2D eigenvalue weighted by atomic mass is 19.1. The maximum atomic E-state index is 14.1. The molecule has 3 aromatic carbocycles. The number of anilines is 1. The SMILES string of the molecule is CC(c1c[nH]c2ccccc12)C(NC(=O)N1CCC(Oc2ccc(F)cc2)CC1)C(=O)N(C)c1ccc(CN(C)C)cc1. The predicted octanol–water partition coefficient (Wildman–Crippen LogP) is 5.76. The Morgan fingerprint density at radius 2 is 1.67 bits per heavy atom. The molecule has 226 valence electrons. The molecule has 1 aliphatic rings. The number of para-hydroxylation sites is 1. The van der Waals surface area contributed by atoms with Crippen molar-refractivity contribution in [2.75, 3.05) is 39.1 Å². The Kier molecular flexibility index (Phi) is 9.31. The Hall–Kier alpha value is -4.37. The number of amides is 3. The van der Waals surface area contributed by atoms with Gasteiger partial charge in [-0.15, -0.1) is 0 Å². The fraction of sp³-hybridized carbons (Fsp3) is 0.353. The molecule has 0 bridgehead atoms. The molecular weight excluding hydrogens is 545 g/mol. The number of carbonyl (C=O) groups excluding carboxylic acids is 2. The third kappa shape index (κ3) is 7.17. The van der Waals surface area contributed by atoms with Gasteiger partial charge in [0.1, 0.15) is 23.7 Å². The van der Waals surface area contributed by atoms with E-state index in [1.54, 1.807) is 29.0 Å². The number of halogens is 1. The van der Waals surface area contributed by atoms with Crippen molar-refractivity contribution in [3.63, 3.8) is 0 Å². The number of ether oxygens (including phenoxy) is 1. The highest BCUT2D eigenvalue weighted by Gasteiger charge is 2.34. The molecule has 2 atom stereocenters. The fourth-order valence-corrected chi connectivity index (χ4v) is 5.68. The van der Waals surface area contributed by atoms with Crippen LogP contribution in [0.4, 0.5) is 14.9 Å². The number of aromatic nitrogens is 1. The van der Waals surface area contributed by atoms with E-state index in [4.69, 9.17) is 4.74 Å². The first-order chi connectivity index (χ1) is 20.7. The maximum absolute atomic E-state index is 14.1. The summed E-state index contributed by atoms with van der Waals surface area (Å²) < 4.78 is 19.3. The first-order valence-electron chi connectivity index (χ1n) is 14.7. The lowest BCUT2D eigenvalue weighted by molar-refractivity contribution is -0.120. The predicted molar refractivity (Wildman–Crippen MR) is 168 cm³/mol. The van der Waals surface area contributed by atoms with E-state index in [1.807, 2.05) is 75.7 Å². The molecule has 2 unspecified atom stereocenters. The molecule has 3 amide bonds. The molecule has 4 aromatic rings. The molecule has 2 N–H and O–H groups in total. The number of aromatic amines is 1. The first kappa shape index (κ1) is 30.1. The van der Waals surface area contributed by atoms with Gasteiger partial charge in [0.05, 0.1) is 0 Å². The zero-order chi connectivity index (χ0) is 30.5. The Morgan fingerprint density at radius 3 is 2.35 bits per heavy atom. The van der Waals surface area contributed by atoms with E-state index in [0.717, 1.165) is 34.3 Å². The summed E-state index contributed by atoms with van der Waals surface area (Å²) in [6, 6.07) is 20.8. The summed E-state index contributed by atoms with van der Waals surface area (Å²) in [5, 5.41) is 4.12. The molecule has 0 saturated carbocycles. The average molecular weight is 586 g/mol. The smallest absolute Gasteiger partial charge is 0.318 e. The number of nitrogens with one attached hydrogen (secondary N) is 2. The highest BCUT2D eigenvalue weighted by Crippen LogP contribution is 2.30. The van der Waals surface area contributed by atoms with Gasteiger partial charge in [-0.1, -0.05) is 37.3 Å². The Labute approximate surface area is 252 Å². The largest absolute Gasteiger partial charge is 0.490 e. The Balaban J connectivity index is 1.31. The molecule has 1 aliphatic heterocycles. The minimum atomic E-state index is -0.800. The highest BCUT2D eigenvalue weighted by molar-refractivity contribution is 6.00. The number of piperidine rings is 1. The van der Waals surface area contributed by atoms with Crippen molar-refractivity contribution in [2.45, 2.75) is 44.4 Å². The number of hydrogen-bond donors (Lipinski definition) is 2. The molecule has 8 nitrogen and oxygen atoms in total. The molecule has 0 aliphatic carbocycles. The van der Waals surface area contributed by atoms with Crippen LogP contribution in [0.25, 0.3) is 10.9 Å². The van der Waals surface area contributed by atoms with Crippen LogP contribution < -0.4 is 15.0 Å². The van der Waals surface area contributed by atoms with Crippen LogP contribution in [0.2, 0.25) is 0 Å². The number of fused-ring (bicyclic) bond motifs is 1. The average Bonchev–Trinajstić information content (AvgIpc) is 3.45. The molecule has 1 fully saturated rings. The summed E-state index contributed by atoms with van der Waals surface area (Å²) in [5.74, 6) is -0.194. The topological polar surface area (TPSA) is 80.9 Å². The van der Waals surface area contributed by atoms with Gasteiger partial charge in [-0.2, -0.15) is 0 Å².